The summed E-state index contributed by atoms with van der Waals surface area (Å²) in [5.74, 6) is 0.806. The van der Waals surface area contributed by atoms with Crippen LogP contribution in [0.5, 0.6) is 5.75 Å². The summed E-state index contributed by atoms with van der Waals surface area (Å²) in [4.78, 5) is 14.8. The van der Waals surface area contributed by atoms with E-state index in [1.165, 1.54) is 17.1 Å². The van der Waals surface area contributed by atoms with E-state index in [9.17, 15) is 18.0 Å². The average Bonchev–Trinajstić information content (AvgIpc) is 3.60. The average molecular weight is 671 g/mol. The van der Waals surface area contributed by atoms with Crippen molar-refractivity contribution in [3.63, 3.8) is 0 Å². The first-order valence-electron chi connectivity index (χ1n) is 14.3. The van der Waals surface area contributed by atoms with Crippen LogP contribution in [-0.2, 0) is 17.5 Å². The maximum absolute atomic E-state index is 13.1. The summed E-state index contributed by atoms with van der Waals surface area (Å²) in [6.07, 6.45) is -2.14. The fraction of sp³-hybridized carbons (Fsp3) is 0.312. The molecule has 1 unspecified atom stereocenters. The topological polar surface area (TPSA) is 85.3 Å². The summed E-state index contributed by atoms with van der Waals surface area (Å²) in [5, 5.41) is 6.58. The van der Waals surface area contributed by atoms with Gasteiger partial charge in [-0.3, -0.25) is 4.90 Å². The van der Waals surface area contributed by atoms with Crippen LogP contribution >= 0.6 is 15.9 Å². The number of aromatic nitrogens is 1. The van der Waals surface area contributed by atoms with Crippen molar-refractivity contribution in [3.8, 4) is 5.75 Å². The molecule has 6 rings (SSSR count). The molecule has 1 saturated heterocycles. The Hall–Kier alpha value is -3.87. The number of hydrazone groups is 1. The van der Waals surface area contributed by atoms with Crippen molar-refractivity contribution in [1.29, 1.82) is 0 Å². The summed E-state index contributed by atoms with van der Waals surface area (Å²) >= 11 is 3.56. The zero-order valence-corrected chi connectivity index (χ0v) is 25.4. The molecule has 2 N–H and O–H groups in total. The number of carbonyl (C=O) groups excluding carboxylic acids is 1. The number of primary amides is 1. The first kappa shape index (κ1) is 30.2. The monoisotopic (exact) mass is 669 g/mol. The second kappa shape index (κ2) is 12.6. The minimum Gasteiger partial charge on any atom is -0.492 e. The number of halogens is 4. The lowest BCUT2D eigenvalue weighted by Crippen LogP contribution is -2.38. The Morgan fingerprint density at radius 2 is 1.77 bits per heavy atom. The van der Waals surface area contributed by atoms with E-state index in [2.05, 4.69) is 30.5 Å². The largest absolute Gasteiger partial charge is 0.492 e. The number of hydrogen-bond acceptors (Lipinski definition) is 5. The van der Waals surface area contributed by atoms with Crippen molar-refractivity contribution in [2.45, 2.75) is 25.2 Å². The van der Waals surface area contributed by atoms with E-state index < -0.39 is 23.8 Å². The Kier molecular flexibility index (Phi) is 8.66. The molecule has 0 aliphatic carbocycles. The van der Waals surface area contributed by atoms with Gasteiger partial charge in [0, 0.05) is 59.7 Å². The van der Waals surface area contributed by atoms with Gasteiger partial charge in [0.2, 0.25) is 0 Å². The third kappa shape index (κ3) is 6.62. The summed E-state index contributed by atoms with van der Waals surface area (Å²) in [7, 11) is 0. The molecule has 1 atom stereocenters. The molecule has 3 heterocycles. The molecule has 2 aliphatic rings. The van der Waals surface area contributed by atoms with Crippen molar-refractivity contribution < 1.29 is 27.4 Å². The normalized spacial score (nSPS) is 17.7. The molecule has 8 nitrogen and oxygen atoms in total. The number of nitrogens with zero attached hydrogens (tertiary/aromatic N) is 4. The third-order valence-electron chi connectivity index (χ3n) is 7.97. The summed E-state index contributed by atoms with van der Waals surface area (Å²) in [6, 6.07) is 17.5. The van der Waals surface area contributed by atoms with Gasteiger partial charge in [-0.15, -0.1) is 0 Å². The van der Waals surface area contributed by atoms with Gasteiger partial charge < -0.3 is 19.8 Å². The van der Waals surface area contributed by atoms with Gasteiger partial charge in [-0.1, -0.05) is 40.2 Å². The smallest absolute Gasteiger partial charge is 0.416 e. The van der Waals surface area contributed by atoms with Gasteiger partial charge in [-0.25, -0.2) is 9.80 Å². The van der Waals surface area contributed by atoms with Crippen molar-refractivity contribution >= 4 is 38.6 Å². The Morgan fingerprint density at radius 1 is 1.05 bits per heavy atom. The Bertz CT molecular complexity index is 1670. The van der Waals surface area contributed by atoms with Crippen LogP contribution in [0.3, 0.4) is 0 Å². The summed E-state index contributed by atoms with van der Waals surface area (Å²) in [6.45, 7) is 5.40. The van der Waals surface area contributed by atoms with E-state index in [0.29, 0.717) is 30.8 Å². The van der Waals surface area contributed by atoms with Crippen LogP contribution in [0.1, 0.15) is 34.7 Å². The Morgan fingerprint density at radius 3 is 2.45 bits per heavy atom. The number of urea groups is 1. The fourth-order valence-electron chi connectivity index (χ4n) is 5.68. The molecule has 2 aliphatic heterocycles. The second-order valence-corrected chi connectivity index (χ2v) is 11.8. The van der Waals surface area contributed by atoms with Gasteiger partial charge in [0.05, 0.1) is 30.5 Å². The predicted molar refractivity (Wildman–Crippen MR) is 165 cm³/mol. The third-order valence-corrected chi connectivity index (χ3v) is 8.46. The molecular formula is C32H31BrF3N5O3. The quantitative estimate of drug-likeness (QED) is 0.235. The maximum Gasteiger partial charge on any atom is 0.416 e. The van der Waals surface area contributed by atoms with E-state index in [4.69, 9.17) is 15.2 Å². The number of carbonyl (C=O) groups is 1. The highest BCUT2D eigenvalue weighted by Gasteiger charge is 2.35. The number of rotatable bonds is 8. The number of amides is 2. The summed E-state index contributed by atoms with van der Waals surface area (Å²) < 4.78 is 53.6. The van der Waals surface area contributed by atoms with Crippen molar-refractivity contribution in [1.82, 2.24) is 14.5 Å². The van der Waals surface area contributed by atoms with Gasteiger partial charge in [0.1, 0.15) is 12.4 Å². The Balaban J connectivity index is 1.21. The number of morpholine rings is 1. The molecular weight excluding hydrogens is 639 g/mol. The molecule has 12 heteroatoms. The van der Waals surface area contributed by atoms with Crippen LogP contribution in [0.2, 0.25) is 0 Å². The van der Waals surface area contributed by atoms with Crippen molar-refractivity contribution in [2.75, 3.05) is 39.5 Å². The molecule has 0 radical (unpaired) electrons. The lowest BCUT2D eigenvalue weighted by molar-refractivity contribution is -0.137. The number of fused-ring (bicyclic) bond motifs is 1. The number of nitrogens with two attached hydrogens (primary N) is 1. The van der Waals surface area contributed by atoms with Gasteiger partial charge in [0.25, 0.3) is 0 Å². The maximum atomic E-state index is 13.1. The zero-order valence-electron chi connectivity index (χ0n) is 23.8. The minimum absolute atomic E-state index is 0.302. The highest BCUT2D eigenvalue weighted by Crippen LogP contribution is 2.39. The van der Waals surface area contributed by atoms with E-state index >= 15 is 0 Å². The highest BCUT2D eigenvalue weighted by atomic mass is 79.9. The van der Waals surface area contributed by atoms with Crippen LogP contribution in [0.4, 0.5) is 18.0 Å². The molecule has 44 heavy (non-hydrogen) atoms. The van der Waals surface area contributed by atoms with Gasteiger partial charge in [0.15, 0.2) is 0 Å². The molecule has 0 saturated carbocycles. The van der Waals surface area contributed by atoms with Crippen LogP contribution in [0, 0.1) is 0 Å². The van der Waals surface area contributed by atoms with E-state index in [0.717, 1.165) is 77.2 Å². The SMILES string of the molecule is NC(=O)N1N=C(c2ccc(C(F)(F)F)cc2)CC1c1cn(Cc2ccc(OCCN3CCOCC3)cc2)c2ccc(Br)cc12. The predicted octanol–water partition coefficient (Wildman–Crippen LogP) is 6.41. The first-order valence-corrected chi connectivity index (χ1v) is 15.1. The van der Waals surface area contributed by atoms with Crippen LogP contribution in [0.15, 0.2) is 82.5 Å². The number of benzene rings is 3. The number of ether oxygens (including phenoxy) is 2. The molecule has 1 fully saturated rings. The minimum atomic E-state index is -4.44. The van der Waals surface area contributed by atoms with Crippen molar-refractivity contribution in [3.05, 3.63) is 99.7 Å². The highest BCUT2D eigenvalue weighted by molar-refractivity contribution is 9.10. The molecule has 0 spiro atoms. The second-order valence-electron chi connectivity index (χ2n) is 10.8. The van der Waals surface area contributed by atoms with Gasteiger partial charge >= 0.3 is 12.2 Å². The summed E-state index contributed by atoms with van der Waals surface area (Å²) in [5.41, 5.74) is 8.85. The number of hydrogen-bond donors (Lipinski definition) is 1. The lowest BCUT2D eigenvalue weighted by Gasteiger charge is -2.26. The fourth-order valence-corrected chi connectivity index (χ4v) is 6.04. The van der Waals surface area contributed by atoms with Crippen LogP contribution < -0.4 is 10.5 Å². The molecule has 1 aromatic heterocycles. The molecule has 0 bridgehead atoms. The van der Waals surface area contributed by atoms with Crippen LogP contribution in [-0.4, -0.2) is 65.7 Å². The molecule has 4 aromatic rings. The molecule has 3 aromatic carbocycles. The van der Waals surface area contributed by atoms with E-state index in [1.807, 2.05) is 48.7 Å². The Labute approximate surface area is 260 Å². The van der Waals surface area contributed by atoms with Crippen LogP contribution in [0.25, 0.3) is 10.9 Å². The molecule has 230 valence electrons. The molecule has 2 amide bonds. The number of alkyl halides is 3. The van der Waals surface area contributed by atoms with E-state index in [-0.39, 0.29) is 0 Å². The van der Waals surface area contributed by atoms with Gasteiger partial charge in [-0.2, -0.15) is 18.3 Å². The standard InChI is InChI=1S/C32H31BrF3N5O3/c33-24-7-10-29-26(17-24)27(30-18-28(38-41(30)31(37)42)22-3-5-23(6-4-22)32(34,35)36)20-40(29)19-21-1-8-25(9-2-21)44-16-13-39-11-14-43-15-12-39/h1-10,17,20,30H,11-16,18-19H2,(H2,37,42). The van der Waals surface area contributed by atoms with Gasteiger partial charge in [-0.05, 0) is 53.6 Å². The van der Waals surface area contributed by atoms with E-state index in [1.54, 1.807) is 0 Å². The zero-order chi connectivity index (χ0) is 30.8. The lowest BCUT2D eigenvalue weighted by atomic mass is 9.97. The van der Waals surface area contributed by atoms with Crippen molar-refractivity contribution in [2.24, 2.45) is 10.8 Å². The first-order chi connectivity index (χ1) is 21.2.